The van der Waals surface area contributed by atoms with Gasteiger partial charge in [0.2, 0.25) is 15.9 Å². The summed E-state index contributed by atoms with van der Waals surface area (Å²) in [5.74, 6) is 0.844. The Morgan fingerprint density at radius 2 is 2.21 bits per heavy atom. The fourth-order valence-electron chi connectivity index (χ4n) is 1.18. The Hall–Kier alpha value is -1.45. The maximum atomic E-state index is 10.9. The van der Waals surface area contributed by atoms with E-state index in [9.17, 15) is 8.42 Å². The van der Waals surface area contributed by atoms with Gasteiger partial charge in [0.05, 0.1) is 18.5 Å². The normalized spacial score (nSPS) is 11.6. The topological polar surface area (TPSA) is 98.0 Å². The molecule has 102 valence electrons. The molecule has 7 nitrogen and oxygen atoms in total. The zero-order valence-corrected chi connectivity index (χ0v) is 11.7. The lowest BCUT2D eigenvalue weighted by Crippen LogP contribution is -2.21. The Kier molecular flexibility index (Phi) is 4.51. The highest BCUT2D eigenvalue weighted by Gasteiger charge is 2.09. The number of pyridine rings is 1. The van der Waals surface area contributed by atoms with E-state index in [0.29, 0.717) is 11.0 Å². The van der Waals surface area contributed by atoms with Gasteiger partial charge in [0, 0.05) is 11.9 Å². The maximum Gasteiger partial charge on any atom is 0.277 e. The summed E-state index contributed by atoms with van der Waals surface area (Å²) in [5.41, 5.74) is 0.904. The van der Waals surface area contributed by atoms with Crippen molar-refractivity contribution in [2.75, 3.05) is 6.26 Å². The smallest absolute Gasteiger partial charge is 0.277 e. The highest BCUT2D eigenvalue weighted by atomic mass is 32.2. The molecule has 0 amide bonds. The molecule has 0 radical (unpaired) electrons. The highest BCUT2D eigenvalue weighted by Crippen LogP contribution is 2.20. The lowest BCUT2D eigenvalue weighted by molar-refractivity contribution is 0.409. The molecule has 0 bridgehead atoms. The van der Waals surface area contributed by atoms with Gasteiger partial charge in [0.15, 0.2) is 0 Å². The van der Waals surface area contributed by atoms with Crippen LogP contribution in [-0.2, 0) is 22.3 Å². The van der Waals surface area contributed by atoms with Crippen LogP contribution in [-0.4, -0.2) is 29.9 Å². The molecule has 0 saturated carbocycles. The summed E-state index contributed by atoms with van der Waals surface area (Å²) in [7, 11) is -3.26. The molecule has 2 aromatic rings. The second-order valence-electron chi connectivity index (χ2n) is 3.66. The molecule has 0 aliphatic rings. The van der Waals surface area contributed by atoms with Crippen molar-refractivity contribution in [3.05, 3.63) is 36.0 Å². The molecule has 9 heteroatoms. The second kappa shape index (κ2) is 6.13. The van der Waals surface area contributed by atoms with Crippen molar-refractivity contribution < 1.29 is 12.8 Å². The van der Waals surface area contributed by atoms with Crippen LogP contribution in [0.1, 0.15) is 11.6 Å². The van der Waals surface area contributed by atoms with E-state index >= 15 is 0 Å². The average molecular weight is 300 g/mol. The number of nitrogens with one attached hydrogen (secondary N) is 1. The summed E-state index contributed by atoms with van der Waals surface area (Å²) in [6.45, 7) is -0.00399. The van der Waals surface area contributed by atoms with Crippen molar-refractivity contribution in [2.45, 2.75) is 17.5 Å². The third-order valence-corrected chi connectivity index (χ3v) is 3.52. The van der Waals surface area contributed by atoms with Gasteiger partial charge in [-0.2, -0.15) is 0 Å². The van der Waals surface area contributed by atoms with E-state index in [0.717, 1.165) is 11.9 Å². The Morgan fingerprint density at radius 3 is 2.89 bits per heavy atom. The largest absolute Gasteiger partial charge is 0.414 e. The Bertz CT molecular complexity index is 627. The number of rotatable bonds is 6. The number of thioether (sulfide) groups is 1. The molecule has 2 aromatic heterocycles. The lowest BCUT2D eigenvalue weighted by atomic mass is 10.4. The molecule has 0 aliphatic heterocycles. The van der Waals surface area contributed by atoms with Crippen LogP contribution >= 0.6 is 11.8 Å². The predicted octanol–water partition coefficient (Wildman–Crippen LogP) is 0.806. The molecule has 0 aliphatic carbocycles. The van der Waals surface area contributed by atoms with Crippen LogP contribution in [0.15, 0.2) is 34.0 Å². The van der Waals surface area contributed by atoms with Crippen molar-refractivity contribution >= 4 is 21.8 Å². The standard InChI is InChI=1S/C10H12N4O3S2/c1-19(15,16)12-6-9-13-14-10(17-9)18-7-8-4-2-3-5-11-8/h2-5,12H,6-7H2,1H3. The van der Waals surface area contributed by atoms with E-state index in [1.807, 2.05) is 18.2 Å². The van der Waals surface area contributed by atoms with E-state index < -0.39 is 10.0 Å². The molecular weight excluding hydrogens is 288 g/mol. The highest BCUT2D eigenvalue weighted by molar-refractivity contribution is 7.98. The van der Waals surface area contributed by atoms with E-state index in [1.165, 1.54) is 11.8 Å². The number of sulfonamides is 1. The lowest BCUT2D eigenvalue weighted by Gasteiger charge is -1.97. The monoisotopic (exact) mass is 300 g/mol. The Labute approximate surface area is 114 Å². The quantitative estimate of drug-likeness (QED) is 0.788. The summed E-state index contributed by atoms with van der Waals surface area (Å²) in [4.78, 5) is 4.17. The minimum absolute atomic E-state index is 0.00399. The molecule has 2 rings (SSSR count). The van der Waals surface area contributed by atoms with Gasteiger partial charge in [-0.15, -0.1) is 10.2 Å². The summed E-state index contributed by atoms with van der Waals surface area (Å²) in [5, 5.41) is 7.95. The summed E-state index contributed by atoms with van der Waals surface area (Å²) in [6, 6.07) is 5.64. The molecule has 0 saturated heterocycles. The van der Waals surface area contributed by atoms with Gasteiger partial charge in [-0.05, 0) is 12.1 Å². The first-order valence-corrected chi connectivity index (χ1v) is 8.20. The molecule has 0 spiro atoms. The Balaban J connectivity index is 1.87. The molecule has 1 N–H and O–H groups in total. The van der Waals surface area contributed by atoms with Crippen LogP contribution in [0, 0.1) is 0 Å². The van der Waals surface area contributed by atoms with Gasteiger partial charge in [0.25, 0.3) is 5.22 Å². The van der Waals surface area contributed by atoms with Crippen molar-refractivity contribution in [2.24, 2.45) is 0 Å². The van der Waals surface area contributed by atoms with Crippen molar-refractivity contribution in [1.82, 2.24) is 19.9 Å². The number of nitrogens with zero attached hydrogens (tertiary/aromatic N) is 3. The van der Waals surface area contributed by atoms with Crippen LogP contribution in [0.3, 0.4) is 0 Å². The second-order valence-corrected chi connectivity index (χ2v) is 6.42. The number of aromatic nitrogens is 3. The number of hydrogen-bond acceptors (Lipinski definition) is 7. The molecule has 0 aromatic carbocycles. The van der Waals surface area contributed by atoms with E-state index in [2.05, 4.69) is 19.9 Å². The summed E-state index contributed by atoms with van der Waals surface area (Å²) >= 11 is 1.35. The zero-order chi connectivity index (χ0) is 13.7. The van der Waals surface area contributed by atoms with Crippen LogP contribution in [0.5, 0.6) is 0 Å². The molecule has 19 heavy (non-hydrogen) atoms. The van der Waals surface area contributed by atoms with Crippen molar-refractivity contribution in [1.29, 1.82) is 0 Å². The molecule has 0 atom stereocenters. The molecule has 2 heterocycles. The van der Waals surface area contributed by atoms with Crippen LogP contribution in [0.2, 0.25) is 0 Å². The fraction of sp³-hybridized carbons (Fsp3) is 0.300. The summed E-state index contributed by atoms with van der Waals surface area (Å²) < 4.78 is 29.4. The molecule has 0 unspecified atom stereocenters. The van der Waals surface area contributed by atoms with Crippen LogP contribution in [0.4, 0.5) is 0 Å². The van der Waals surface area contributed by atoms with Gasteiger partial charge in [0.1, 0.15) is 0 Å². The zero-order valence-electron chi connectivity index (χ0n) is 10.1. The number of hydrogen-bond donors (Lipinski definition) is 1. The minimum Gasteiger partial charge on any atom is -0.414 e. The average Bonchev–Trinajstić information content (AvgIpc) is 2.82. The van der Waals surface area contributed by atoms with Gasteiger partial charge >= 0.3 is 0 Å². The predicted molar refractivity (Wildman–Crippen MR) is 69.8 cm³/mol. The van der Waals surface area contributed by atoms with E-state index in [-0.39, 0.29) is 12.4 Å². The van der Waals surface area contributed by atoms with Crippen molar-refractivity contribution in [3.8, 4) is 0 Å². The van der Waals surface area contributed by atoms with Crippen molar-refractivity contribution in [3.63, 3.8) is 0 Å². The van der Waals surface area contributed by atoms with Crippen LogP contribution in [0.25, 0.3) is 0 Å². The summed E-state index contributed by atoms with van der Waals surface area (Å²) in [6.07, 6.45) is 2.78. The maximum absolute atomic E-state index is 10.9. The van der Waals surface area contributed by atoms with Gasteiger partial charge < -0.3 is 4.42 Å². The van der Waals surface area contributed by atoms with Gasteiger partial charge in [-0.25, -0.2) is 13.1 Å². The first-order chi connectivity index (χ1) is 9.03. The Morgan fingerprint density at radius 1 is 1.37 bits per heavy atom. The minimum atomic E-state index is -3.26. The molecular formula is C10H12N4O3S2. The van der Waals surface area contributed by atoms with E-state index in [1.54, 1.807) is 6.20 Å². The third-order valence-electron chi connectivity index (χ3n) is 2.00. The van der Waals surface area contributed by atoms with Gasteiger partial charge in [-0.3, -0.25) is 4.98 Å². The first kappa shape index (κ1) is 14.0. The van der Waals surface area contributed by atoms with Crippen LogP contribution < -0.4 is 4.72 Å². The van der Waals surface area contributed by atoms with Gasteiger partial charge in [-0.1, -0.05) is 17.8 Å². The molecule has 0 fully saturated rings. The SMILES string of the molecule is CS(=O)(=O)NCc1nnc(SCc2ccccn2)o1. The van der Waals surface area contributed by atoms with E-state index in [4.69, 9.17) is 4.42 Å². The third kappa shape index (κ3) is 4.97. The first-order valence-electron chi connectivity index (χ1n) is 5.33. The fourth-order valence-corrected chi connectivity index (χ4v) is 2.26.